The highest BCUT2D eigenvalue weighted by Gasteiger charge is 2.06. The van der Waals surface area contributed by atoms with E-state index in [9.17, 15) is 9.59 Å². The van der Waals surface area contributed by atoms with Gasteiger partial charge in [0.25, 0.3) is 5.91 Å². The van der Waals surface area contributed by atoms with Crippen LogP contribution in [0.4, 0.5) is 5.69 Å². The third kappa shape index (κ3) is 5.00. The molecule has 0 bridgehead atoms. The first kappa shape index (κ1) is 16.3. The van der Waals surface area contributed by atoms with Crippen molar-refractivity contribution in [2.45, 2.75) is 6.42 Å². The molecule has 2 rings (SSSR count). The fourth-order valence-corrected chi connectivity index (χ4v) is 1.83. The Labute approximate surface area is 134 Å². The quantitative estimate of drug-likeness (QED) is 0.769. The molecule has 0 saturated heterocycles. The molecule has 2 aromatic rings. The van der Waals surface area contributed by atoms with Crippen LogP contribution in [0.1, 0.15) is 16.8 Å². The first-order valence-corrected chi connectivity index (χ1v) is 7.06. The van der Waals surface area contributed by atoms with Crippen molar-refractivity contribution in [2.75, 3.05) is 11.9 Å². The second-order valence-corrected chi connectivity index (χ2v) is 4.85. The van der Waals surface area contributed by atoms with Crippen LogP contribution in [0.25, 0.3) is 0 Å². The molecule has 0 spiro atoms. The topological polar surface area (TPSA) is 75.6 Å². The summed E-state index contributed by atoms with van der Waals surface area (Å²) in [6.45, 7) is 3.67. The predicted octanol–water partition coefficient (Wildman–Crippen LogP) is 3.35. The monoisotopic (exact) mass is 311 g/mol. The Morgan fingerprint density at radius 3 is 2.30 bits per heavy atom. The fourth-order valence-electron chi connectivity index (χ4n) is 1.83. The lowest BCUT2D eigenvalue weighted by atomic mass is 10.2. The second kappa shape index (κ2) is 7.79. The Bertz CT molecular complexity index is 693. The number of hydrogen-bond donors (Lipinski definition) is 2. The van der Waals surface area contributed by atoms with Gasteiger partial charge in [0.05, 0.1) is 6.61 Å². The number of aliphatic carboxylic acids is 1. The summed E-state index contributed by atoms with van der Waals surface area (Å²) in [5.41, 5.74) is 1.35. The van der Waals surface area contributed by atoms with Gasteiger partial charge >= 0.3 is 5.97 Å². The highest BCUT2D eigenvalue weighted by Crippen LogP contribution is 2.17. The SMILES string of the molecule is C=C(CCOc1ccc(NC(=O)c2ccccc2)cc1)C(=O)O. The molecule has 0 saturated carbocycles. The third-order valence-electron chi connectivity index (χ3n) is 3.12. The van der Waals surface area contributed by atoms with Gasteiger partial charge in [-0.05, 0) is 36.4 Å². The van der Waals surface area contributed by atoms with Crippen LogP contribution >= 0.6 is 0 Å². The van der Waals surface area contributed by atoms with E-state index in [1.165, 1.54) is 0 Å². The maximum Gasteiger partial charge on any atom is 0.331 e. The number of hydrogen-bond acceptors (Lipinski definition) is 3. The summed E-state index contributed by atoms with van der Waals surface area (Å²) >= 11 is 0. The van der Waals surface area contributed by atoms with E-state index >= 15 is 0 Å². The van der Waals surface area contributed by atoms with Crippen LogP contribution < -0.4 is 10.1 Å². The lowest BCUT2D eigenvalue weighted by Gasteiger charge is -2.08. The van der Waals surface area contributed by atoms with Crippen LogP contribution in [0.3, 0.4) is 0 Å². The zero-order chi connectivity index (χ0) is 16.7. The minimum atomic E-state index is -1.02. The Kier molecular flexibility index (Phi) is 5.52. The predicted molar refractivity (Wildman–Crippen MR) is 87.7 cm³/mol. The molecule has 0 aliphatic heterocycles. The van der Waals surface area contributed by atoms with Crippen molar-refractivity contribution in [3.8, 4) is 5.75 Å². The largest absolute Gasteiger partial charge is 0.493 e. The molecule has 23 heavy (non-hydrogen) atoms. The molecule has 0 aromatic heterocycles. The van der Waals surface area contributed by atoms with Gasteiger partial charge in [0.1, 0.15) is 5.75 Å². The molecule has 0 atom stereocenters. The van der Waals surface area contributed by atoms with Crippen molar-refractivity contribution >= 4 is 17.6 Å². The van der Waals surface area contributed by atoms with Gasteiger partial charge < -0.3 is 15.2 Å². The van der Waals surface area contributed by atoms with Gasteiger partial charge in [0, 0.05) is 23.2 Å². The van der Waals surface area contributed by atoms with E-state index in [0.717, 1.165) is 0 Å². The lowest BCUT2D eigenvalue weighted by Crippen LogP contribution is -2.11. The van der Waals surface area contributed by atoms with Crippen molar-refractivity contribution in [1.29, 1.82) is 0 Å². The van der Waals surface area contributed by atoms with Crippen LogP contribution in [0, 0.1) is 0 Å². The van der Waals surface area contributed by atoms with Crippen LogP contribution in [0.5, 0.6) is 5.75 Å². The van der Waals surface area contributed by atoms with Crippen molar-refractivity contribution in [3.63, 3.8) is 0 Å². The molecule has 2 N–H and O–H groups in total. The van der Waals surface area contributed by atoms with E-state index in [4.69, 9.17) is 9.84 Å². The molecule has 2 aromatic carbocycles. The molecule has 0 fully saturated rings. The number of amides is 1. The highest BCUT2D eigenvalue weighted by atomic mass is 16.5. The Morgan fingerprint density at radius 1 is 1.04 bits per heavy atom. The van der Waals surface area contributed by atoms with Crippen molar-refractivity contribution in [1.82, 2.24) is 0 Å². The first-order chi connectivity index (χ1) is 11.1. The molecule has 5 heteroatoms. The molecular formula is C18H17NO4. The number of nitrogens with one attached hydrogen (secondary N) is 1. The standard InChI is InChI=1S/C18H17NO4/c1-13(18(21)22)11-12-23-16-9-7-15(8-10-16)19-17(20)14-5-3-2-4-6-14/h2-10H,1,11-12H2,(H,19,20)(H,21,22). The number of carbonyl (C=O) groups is 2. The lowest BCUT2D eigenvalue weighted by molar-refractivity contribution is -0.132. The van der Waals surface area contributed by atoms with Crippen LogP contribution in [-0.2, 0) is 4.79 Å². The highest BCUT2D eigenvalue weighted by molar-refractivity contribution is 6.04. The smallest absolute Gasteiger partial charge is 0.331 e. The zero-order valence-corrected chi connectivity index (χ0v) is 12.5. The van der Waals surface area contributed by atoms with Gasteiger partial charge in [0.2, 0.25) is 0 Å². The molecule has 0 radical (unpaired) electrons. The summed E-state index contributed by atoms with van der Waals surface area (Å²) in [5.74, 6) is -0.606. The first-order valence-electron chi connectivity index (χ1n) is 7.06. The van der Waals surface area contributed by atoms with Gasteiger partial charge in [-0.25, -0.2) is 4.79 Å². The summed E-state index contributed by atoms with van der Waals surface area (Å²) in [4.78, 5) is 22.6. The average molecular weight is 311 g/mol. The van der Waals surface area contributed by atoms with E-state index in [1.807, 2.05) is 6.07 Å². The number of benzene rings is 2. The van der Waals surface area contributed by atoms with E-state index in [0.29, 0.717) is 17.0 Å². The molecule has 0 aliphatic carbocycles. The Balaban J connectivity index is 1.86. The summed E-state index contributed by atoms with van der Waals surface area (Å²) in [6.07, 6.45) is 0.252. The third-order valence-corrected chi connectivity index (χ3v) is 3.12. The summed E-state index contributed by atoms with van der Waals surface area (Å²) in [6, 6.07) is 15.8. The number of carboxylic acids is 1. The van der Waals surface area contributed by atoms with Crippen molar-refractivity contribution < 1.29 is 19.4 Å². The minimum absolute atomic E-state index is 0.108. The number of rotatable bonds is 7. The second-order valence-electron chi connectivity index (χ2n) is 4.85. The molecule has 0 unspecified atom stereocenters. The van der Waals surface area contributed by atoms with Gasteiger partial charge in [0.15, 0.2) is 0 Å². The van der Waals surface area contributed by atoms with E-state index in [-0.39, 0.29) is 24.5 Å². The fraction of sp³-hybridized carbons (Fsp3) is 0.111. The molecule has 5 nitrogen and oxygen atoms in total. The van der Waals surface area contributed by atoms with Gasteiger partial charge in [-0.1, -0.05) is 24.8 Å². The summed E-state index contributed by atoms with van der Waals surface area (Å²) in [5, 5.41) is 11.5. The number of anilines is 1. The van der Waals surface area contributed by atoms with Gasteiger partial charge in [-0.15, -0.1) is 0 Å². The maximum atomic E-state index is 12.0. The number of carbonyl (C=O) groups excluding carboxylic acids is 1. The van der Waals surface area contributed by atoms with Crippen LogP contribution in [0.2, 0.25) is 0 Å². The summed E-state index contributed by atoms with van der Waals surface area (Å²) < 4.78 is 5.43. The van der Waals surface area contributed by atoms with E-state index in [1.54, 1.807) is 48.5 Å². The normalized spacial score (nSPS) is 9.91. The molecule has 1 amide bonds. The molecule has 118 valence electrons. The molecule has 0 aliphatic rings. The minimum Gasteiger partial charge on any atom is -0.493 e. The van der Waals surface area contributed by atoms with E-state index < -0.39 is 5.97 Å². The molecular weight excluding hydrogens is 294 g/mol. The zero-order valence-electron chi connectivity index (χ0n) is 12.5. The van der Waals surface area contributed by atoms with Gasteiger partial charge in [-0.3, -0.25) is 4.79 Å². The Hall–Kier alpha value is -3.08. The van der Waals surface area contributed by atoms with Gasteiger partial charge in [-0.2, -0.15) is 0 Å². The van der Waals surface area contributed by atoms with E-state index in [2.05, 4.69) is 11.9 Å². The Morgan fingerprint density at radius 2 is 1.70 bits per heavy atom. The maximum absolute atomic E-state index is 12.0. The van der Waals surface area contributed by atoms with Crippen molar-refractivity contribution in [2.24, 2.45) is 0 Å². The molecule has 0 heterocycles. The van der Waals surface area contributed by atoms with Crippen molar-refractivity contribution in [3.05, 3.63) is 72.3 Å². The number of ether oxygens (including phenoxy) is 1. The van der Waals surface area contributed by atoms with Crippen LogP contribution in [-0.4, -0.2) is 23.6 Å². The summed E-state index contributed by atoms with van der Waals surface area (Å²) in [7, 11) is 0. The van der Waals surface area contributed by atoms with Crippen LogP contribution in [0.15, 0.2) is 66.7 Å². The average Bonchev–Trinajstić information content (AvgIpc) is 2.57. The number of carboxylic acid groups (broad SMARTS) is 1.